The van der Waals surface area contributed by atoms with E-state index in [4.69, 9.17) is 9.47 Å². The summed E-state index contributed by atoms with van der Waals surface area (Å²) in [5.74, 6) is -0.265. The Labute approximate surface area is 154 Å². The van der Waals surface area contributed by atoms with Gasteiger partial charge in [-0.2, -0.15) is 0 Å². The summed E-state index contributed by atoms with van der Waals surface area (Å²) in [6.45, 7) is 2.37. The fourth-order valence-corrected chi connectivity index (χ4v) is 2.52. The van der Waals surface area contributed by atoms with E-state index in [2.05, 4.69) is 20.9 Å². The molecule has 1 aromatic heterocycles. The number of hydrogen-bond donors (Lipinski definition) is 0. The highest BCUT2D eigenvalue weighted by molar-refractivity contribution is 9.10. The number of aromatic nitrogens is 2. The smallest absolute Gasteiger partial charge is 0.360 e. The van der Waals surface area contributed by atoms with E-state index < -0.39 is 11.5 Å². The summed E-state index contributed by atoms with van der Waals surface area (Å²) in [4.78, 5) is 29.1. The molecule has 0 saturated heterocycles. The van der Waals surface area contributed by atoms with Crippen LogP contribution >= 0.6 is 15.9 Å². The first kappa shape index (κ1) is 19.2. The lowest BCUT2D eigenvalue weighted by molar-refractivity contribution is 0.0587. The SMILES string of the molecule is CCCCOc1c(C(=O)OC)nc(Cc2ccc(Br)cc2)n(C)c1=O. The van der Waals surface area contributed by atoms with Crippen LogP contribution in [0.4, 0.5) is 0 Å². The second kappa shape index (κ2) is 8.80. The van der Waals surface area contributed by atoms with Crippen molar-refractivity contribution in [3.05, 3.63) is 56.2 Å². The molecule has 0 saturated carbocycles. The van der Waals surface area contributed by atoms with Crippen LogP contribution in [0.1, 0.15) is 41.6 Å². The van der Waals surface area contributed by atoms with Crippen LogP contribution in [-0.2, 0) is 18.2 Å². The number of ether oxygens (including phenoxy) is 2. The zero-order valence-electron chi connectivity index (χ0n) is 14.5. The Bertz CT molecular complexity index is 800. The molecule has 0 amide bonds. The highest BCUT2D eigenvalue weighted by Gasteiger charge is 2.22. The third-order valence-electron chi connectivity index (χ3n) is 3.74. The summed E-state index contributed by atoms with van der Waals surface area (Å²) in [5, 5.41) is 0. The number of halogens is 1. The first-order valence-corrected chi connectivity index (χ1v) is 8.82. The predicted molar refractivity (Wildman–Crippen MR) is 98.2 cm³/mol. The van der Waals surface area contributed by atoms with Crippen molar-refractivity contribution in [2.24, 2.45) is 7.05 Å². The zero-order chi connectivity index (χ0) is 18.4. The molecule has 1 aromatic carbocycles. The molecule has 0 fully saturated rings. The lowest BCUT2D eigenvalue weighted by Gasteiger charge is -2.14. The maximum atomic E-state index is 12.7. The van der Waals surface area contributed by atoms with Gasteiger partial charge in [0.15, 0.2) is 5.69 Å². The maximum Gasteiger partial charge on any atom is 0.360 e. The molecule has 0 bridgehead atoms. The average molecular weight is 409 g/mol. The van der Waals surface area contributed by atoms with Crippen molar-refractivity contribution in [1.82, 2.24) is 9.55 Å². The van der Waals surface area contributed by atoms with Gasteiger partial charge in [0.25, 0.3) is 5.56 Å². The van der Waals surface area contributed by atoms with E-state index in [9.17, 15) is 9.59 Å². The first-order valence-electron chi connectivity index (χ1n) is 8.03. The Hall–Kier alpha value is -2.15. The Morgan fingerprint density at radius 2 is 1.96 bits per heavy atom. The van der Waals surface area contributed by atoms with E-state index in [1.54, 1.807) is 7.05 Å². The third-order valence-corrected chi connectivity index (χ3v) is 4.27. The zero-order valence-corrected chi connectivity index (χ0v) is 16.1. The van der Waals surface area contributed by atoms with E-state index in [0.717, 1.165) is 22.9 Å². The van der Waals surface area contributed by atoms with Crippen molar-refractivity contribution in [3.63, 3.8) is 0 Å². The van der Waals surface area contributed by atoms with Gasteiger partial charge in [0.05, 0.1) is 13.7 Å². The van der Waals surface area contributed by atoms with Gasteiger partial charge in [-0.05, 0) is 24.1 Å². The number of hydrogen-bond acceptors (Lipinski definition) is 5. The fraction of sp³-hybridized carbons (Fsp3) is 0.389. The van der Waals surface area contributed by atoms with Crippen molar-refractivity contribution in [2.45, 2.75) is 26.2 Å². The molecule has 0 N–H and O–H groups in total. The summed E-state index contributed by atoms with van der Waals surface area (Å²) in [7, 11) is 2.88. The summed E-state index contributed by atoms with van der Waals surface area (Å²) >= 11 is 3.39. The minimum atomic E-state index is -0.679. The number of nitrogens with zero attached hydrogens (tertiary/aromatic N) is 2. The number of rotatable bonds is 7. The van der Waals surface area contributed by atoms with E-state index >= 15 is 0 Å². The Morgan fingerprint density at radius 1 is 1.28 bits per heavy atom. The number of unbranched alkanes of at least 4 members (excludes halogenated alkanes) is 1. The van der Waals surface area contributed by atoms with Gasteiger partial charge in [0.1, 0.15) is 5.82 Å². The molecule has 25 heavy (non-hydrogen) atoms. The maximum absolute atomic E-state index is 12.7. The van der Waals surface area contributed by atoms with Gasteiger partial charge in [0.2, 0.25) is 5.75 Å². The van der Waals surface area contributed by atoms with Crippen LogP contribution in [0.15, 0.2) is 33.5 Å². The van der Waals surface area contributed by atoms with Crippen molar-refractivity contribution in [3.8, 4) is 5.75 Å². The molecule has 0 aliphatic heterocycles. The van der Waals surface area contributed by atoms with Gasteiger partial charge < -0.3 is 9.47 Å². The molecule has 0 aliphatic carbocycles. The highest BCUT2D eigenvalue weighted by Crippen LogP contribution is 2.17. The largest absolute Gasteiger partial charge is 0.486 e. The fourth-order valence-electron chi connectivity index (χ4n) is 2.25. The summed E-state index contributed by atoms with van der Waals surface area (Å²) < 4.78 is 12.7. The summed E-state index contributed by atoms with van der Waals surface area (Å²) in [5.41, 5.74) is 0.508. The van der Waals surface area contributed by atoms with Crippen LogP contribution < -0.4 is 10.3 Å². The van der Waals surface area contributed by atoms with E-state index in [0.29, 0.717) is 18.9 Å². The molecular formula is C18H21BrN2O4. The molecule has 2 rings (SSSR count). The first-order chi connectivity index (χ1) is 12.0. The summed E-state index contributed by atoms with van der Waals surface area (Å²) in [6.07, 6.45) is 2.12. The molecule has 1 heterocycles. The lowest BCUT2D eigenvalue weighted by Crippen LogP contribution is -2.28. The van der Waals surface area contributed by atoms with Crippen LogP contribution in [0.3, 0.4) is 0 Å². The van der Waals surface area contributed by atoms with Gasteiger partial charge in [-0.25, -0.2) is 9.78 Å². The number of benzene rings is 1. The molecule has 7 heteroatoms. The standard InChI is InChI=1S/C18H21BrN2O4/c1-4-5-10-25-16-15(18(23)24-3)20-14(21(2)17(16)22)11-12-6-8-13(19)9-7-12/h6-9H,4-5,10-11H2,1-3H3. The quantitative estimate of drug-likeness (QED) is 0.519. The van der Waals surface area contributed by atoms with Crippen LogP contribution in [-0.4, -0.2) is 29.2 Å². The van der Waals surface area contributed by atoms with Gasteiger partial charge in [0, 0.05) is 17.9 Å². The van der Waals surface area contributed by atoms with Crippen molar-refractivity contribution in [2.75, 3.05) is 13.7 Å². The van der Waals surface area contributed by atoms with E-state index in [-0.39, 0.29) is 11.4 Å². The van der Waals surface area contributed by atoms with Crippen molar-refractivity contribution >= 4 is 21.9 Å². The topological polar surface area (TPSA) is 70.4 Å². The third kappa shape index (κ3) is 4.69. The minimum absolute atomic E-state index is 0.0534. The Morgan fingerprint density at radius 3 is 2.56 bits per heavy atom. The second-order valence-electron chi connectivity index (χ2n) is 5.57. The molecule has 2 aromatic rings. The molecule has 0 unspecified atom stereocenters. The predicted octanol–water partition coefficient (Wildman–Crippen LogP) is 3.10. The molecule has 0 aliphatic rings. The molecule has 0 atom stereocenters. The molecule has 0 radical (unpaired) electrons. The van der Waals surface area contributed by atoms with Crippen molar-refractivity contribution < 1.29 is 14.3 Å². The van der Waals surface area contributed by atoms with Gasteiger partial charge in [-0.15, -0.1) is 0 Å². The molecular weight excluding hydrogens is 388 g/mol. The van der Waals surface area contributed by atoms with Crippen LogP contribution in [0.2, 0.25) is 0 Å². The molecule has 6 nitrogen and oxygen atoms in total. The van der Waals surface area contributed by atoms with Gasteiger partial charge in [-0.3, -0.25) is 9.36 Å². The highest BCUT2D eigenvalue weighted by atomic mass is 79.9. The van der Waals surface area contributed by atoms with Crippen LogP contribution in [0, 0.1) is 0 Å². The van der Waals surface area contributed by atoms with Crippen LogP contribution in [0.5, 0.6) is 5.75 Å². The molecule has 0 spiro atoms. The van der Waals surface area contributed by atoms with Crippen LogP contribution in [0.25, 0.3) is 0 Å². The molecule has 134 valence electrons. The average Bonchev–Trinajstić information content (AvgIpc) is 2.62. The van der Waals surface area contributed by atoms with Gasteiger partial charge in [-0.1, -0.05) is 41.4 Å². The van der Waals surface area contributed by atoms with E-state index in [1.807, 2.05) is 31.2 Å². The number of carbonyl (C=O) groups is 1. The number of methoxy groups -OCH3 is 1. The Kier molecular flexibility index (Phi) is 6.75. The Balaban J connectivity index is 2.44. The van der Waals surface area contributed by atoms with Gasteiger partial charge >= 0.3 is 5.97 Å². The second-order valence-corrected chi connectivity index (χ2v) is 6.48. The number of carbonyl (C=O) groups excluding carboxylic acids is 1. The van der Waals surface area contributed by atoms with Crippen molar-refractivity contribution in [1.29, 1.82) is 0 Å². The van der Waals surface area contributed by atoms with E-state index in [1.165, 1.54) is 11.7 Å². The monoisotopic (exact) mass is 408 g/mol. The lowest BCUT2D eigenvalue weighted by atomic mass is 10.1. The minimum Gasteiger partial charge on any atom is -0.486 e. The summed E-state index contributed by atoms with van der Waals surface area (Å²) in [6, 6.07) is 7.69. The normalized spacial score (nSPS) is 10.6. The number of esters is 1.